The van der Waals surface area contributed by atoms with Gasteiger partial charge >= 0.3 is 67.0 Å². The van der Waals surface area contributed by atoms with Crippen LogP contribution in [-0.4, -0.2) is 69.3 Å². The zero-order valence-electron chi connectivity index (χ0n) is 15.9. The number of aliphatic hydroxyl groups excluding tert-OH is 2. The summed E-state index contributed by atoms with van der Waals surface area (Å²) in [5.74, 6) is 0.0381. The zero-order valence-corrected chi connectivity index (χ0v) is 21.7. The van der Waals surface area contributed by atoms with Crippen molar-refractivity contribution in [1.29, 1.82) is 0 Å². The number of aliphatic hydroxyl groups is 2. The van der Waals surface area contributed by atoms with Crippen LogP contribution in [-0.2, 0) is 31.6 Å². The first-order chi connectivity index (χ1) is 14.2. The monoisotopic (exact) mass is 545 g/mol. The summed E-state index contributed by atoms with van der Waals surface area (Å²) in [5.41, 5.74) is 5.99. The Balaban J connectivity index is 0.00000363. The van der Waals surface area contributed by atoms with Gasteiger partial charge in [-0.05, 0) is 0 Å². The predicted molar refractivity (Wildman–Crippen MR) is 93.3 cm³/mol. The number of nitrogen functional groups attached to an aromatic ring is 1. The number of hydrogen-bond donors (Lipinski definition) is 6. The predicted octanol–water partition coefficient (Wildman–Crippen LogP) is -5.26. The summed E-state index contributed by atoms with van der Waals surface area (Å²) in [6.07, 6.45) is -3.74. The number of nitrogens with two attached hydrogens (primary N) is 1. The van der Waals surface area contributed by atoms with E-state index >= 15 is 0 Å². The van der Waals surface area contributed by atoms with Gasteiger partial charge in [-0.1, -0.05) is 0 Å². The minimum Gasteiger partial charge on any atom is -0.756 e. The van der Waals surface area contributed by atoms with E-state index in [-0.39, 0.29) is 68.4 Å². The number of ether oxygens (including phenoxy) is 1. The molecule has 2 aromatic rings. The smallest absolute Gasteiger partial charge is 0.756 e. The quantitative estimate of drug-likeness (QED) is 0.133. The van der Waals surface area contributed by atoms with Crippen LogP contribution >= 0.6 is 23.5 Å². The molecule has 0 bridgehead atoms. The first kappa shape index (κ1) is 28.5. The van der Waals surface area contributed by atoms with Crippen molar-refractivity contribution < 1.29 is 113 Å². The Bertz CT molecular complexity index is 1110. The average Bonchev–Trinajstić information content (AvgIpc) is 3.13. The van der Waals surface area contributed by atoms with Crippen molar-refractivity contribution in [3.05, 3.63) is 12.7 Å². The van der Waals surface area contributed by atoms with Gasteiger partial charge in [0, 0.05) is 0 Å². The molecular formula is C10H15KN5O13P3. The molecule has 0 aromatic carbocycles. The molecule has 7 N–H and O–H groups in total. The maximum atomic E-state index is 11.8. The van der Waals surface area contributed by atoms with Gasteiger partial charge < -0.3 is 40.3 Å². The van der Waals surface area contributed by atoms with Crippen LogP contribution in [0.4, 0.5) is 5.82 Å². The molecule has 2 aromatic heterocycles. The van der Waals surface area contributed by atoms with E-state index in [2.05, 4.69) is 28.1 Å². The first-order valence-electron chi connectivity index (χ1n) is 7.90. The van der Waals surface area contributed by atoms with E-state index in [1.807, 2.05) is 0 Å². The van der Waals surface area contributed by atoms with Crippen molar-refractivity contribution in [2.45, 2.75) is 24.5 Å². The maximum Gasteiger partial charge on any atom is 1.00 e. The van der Waals surface area contributed by atoms with Crippen molar-refractivity contribution in [2.24, 2.45) is 0 Å². The normalized spacial score (nSPS) is 29.1. The molecule has 0 saturated carbocycles. The Hall–Kier alpha value is 0.276. The van der Waals surface area contributed by atoms with Gasteiger partial charge in [-0.2, -0.15) is 4.31 Å². The summed E-state index contributed by atoms with van der Waals surface area (Å²) >= 11 is 0. The topological polar surface area (TPSA) is 282 Å². The largest absolute Gasteiger partial charge is 1.00 e. The van der Waals surface area contributed by atoms with Crippen LogP contribution in [0.3, 0.4) is 0 Å². The molecule has 174 valence electrons. The number of anilines is 1. The zero-order chi connectivity index (χ0) is 23.2. The Morgan fingerprint density at radius 1 is 1.09 bits per heavy atom. The van der Waals surface area contributed by atoms with Crippen molar-refractivity contribution >= 4 is 40.4 Å². The van der Waals surface area contributed by atoms with Gasteiger partial charge in [0.1, 0.15) is 30.2 Å². The van der Waals surface area contributed by atoms with Gasteiger partial charge in [0.05, 0.1) is 12.9 Å². The third kappa shape index (κ3) is 6.91. The second-order valence-corrected chi connectivity index (χ2v) is 10.4. The molecule has 0 radical (unpaired) electrons. The van der Waals surface area contributed by atoms with Crippen LogP contribution in [0.2, 0.25) is 0 Å². The fourth-order valence-electron chi connectivity index (χ4n) is 2.62. The SMILES string of the molecule is Nc1ncnc2c1ncn2[C@@H]1O[C@H](COP(=O)(O)OP(=O)(O)OP(=O)([O-])O)[C@@H](O)[C@H]1O.[K+]. The summed E-state index contributed by atoms with van der Waals surface area (Å²) in [6.45, 7) is -0.972. The standard InChI is InChI=1S/C10H16N5O13P3.K/c11-8-5-9(13-2-12-8)15(3-14-5)10-7(17)6(16)4(26-10)1-25-30(21,22)28-31(23,24)27-29(18,19)20;/h2-4,6-7,10,16-17H,1H2,(H,21,22)(H,23,24)(H2,11,12,13)(H2,18,19,20);/q;+1/p-1/t4-,6-,7-,10-;/m1./s1. The van der Waals surface area contributed by atoms with E-state index in [0.29, 0.717) is 0 Å². The van der Waals surface area contributed by atoms with E-state index in [0.717, 1.165) is 6.33 Å². The number of hydrogen-bond acceptors (Lipinski definition) is 14. The van der Waals surface area contributed by atoms with Crippen LogP contribution in [0.1, 0.15) is 6.23 Å². The Morgan fingerprint density at radius 2 is 1.75 bits per heavy atom. The van der Waals surface area contributed by atoms with Gasteiger partial charge in [0.2, 0.25) is 0 Å². The molecule has 1 aliphatic heterocycles. The number of nitrogens with zero attached hydrogens (tertiary/aromatic N) is 4. The second kappa shape index (κ2) is 10.5. The van der Waals surface area contributed by atoms with Crippen LogP contribution in [0, 0.1) is 0 Å². The van der Waals surface area contributed by atoms with Crippen molar-refractivity contribution in [3.63, 3.8) is 0 Å². The molecule has 32 heavy (non-hydrogen) atoms. The molecule has 1 fully saturated rings. The number of rotatable bonds is 8. The van der Waals surface area contributed by atoms with Crippen LogP contribution in [0.25, 0.3) is 11.2 Å². The number of phosphoric acid groups is 3. The molecular weight excluding hydrogens is 530 g/mol. The third-order valence-electron chi connectivity index (χ3n) is 3.81. The van der Waals surface area contributed by atoms with E-state index in [1.165, 1.54) is 10.9 Å². The summed E-state index contributed by atoms with van der Waals surface area (Å²) in [4.78, 5) is 49.0. The van der Waals surface area contributed by atoms with Gasteiger partial charge in [-0.15, -0.1) is 0 Å². The molecule has 0 spiro atoms. The number of imidazole rings is 1. The number of phosphoric ester groups is 1. The summed E-state index contributed by atoms with van der Waals surface area (Å²) in [7, 11) is -17.0. The van der Waals surface area contributed by atoms with Crippen LogP contribution in [0.5, 0.6) is 0 Å². The molecule has 0 amide bonds. The molecule has 0 aliphatic carbocycles. The summed E-state index contributed by atoms with van der Waals surface area (Å²) in [6, 6.07) is 0. The number of fused-ring (bicyclic) bond motifs is 1. The molecule has 3 unspecified atom stereocenters. The number of aromatic nitrogens is 4. The minimum absolute atomic E-state index is 0. The Kier molecular flexibility index (Phi) is 9.35. The van der Waals surface area contributed by atoms with Gasteiger partial charge in [0.15, 0.2) is 17.7 Å². The van der Waals surface area contributed by atoms with E-state index in [4.69, 9.17) is 20.3 Å². The molecule has 3 rings (SSSR count). The molecule has 7 atom stereocenters. The molecule has 22 heteroatoms. The summed E-state index contributed by atoms with van der Waals surface area (Å²) < 4.78 is 51.5. The van der Waals surface area contributed by atoms with Gasteiger partial charge in [0.25, 0.3) is 7.82 Å². The average molecular weight is 545 g/mol. The molecule has 18 nitrogen and oxygen atoms in total. The Labute approximate surface area is 220 Å². The van der Waals surface area contributed by atoms with E-state index in [9.17, 15) is 33.7 Å². The first-order valence-corrected chi connectivity index (χ1v) is 12.4. The van der Waals surface area contributed by atoms with Crippen LogP contribution in [0.15, 0.2) is 12.7 Å². The summed E-state index contributed by atoms with van der Waals surface area (Å²) in [5, 5.41) is 20.4. The molecule has 1 aliphatic rings. The van der Waals surface area contributed by atoms with Crippen LogP contribution < -0.4 is 62.0 Å². The van der Waals surface area contributed by atoms with E-state index in [1.54, 1.807) is 0 Å². The maximum absolute atomic E-state index is 11.8. The molecule has 1 saturated heterocycles. The van der Waals surface area contributed by atoms with Crippen molar-refractivity contribution in [2.75, 3.05) is 12.3 Å². The van der Waals surface area contributed by atoms with E-state index < -0.39 is 54.6 Å². The second-order valence-electron chi connectivity index (χ2n) is 5.99. The van der Waals surface area contributed by atoms with Crippen molar-refractivity contribution in [3.8, 4) is 0 Å². The minimum atomic E-state index is -5.79. The van der Waals surface area contributed by atoms with Gasteiger partial charge in [-0.25, -0.2) is 28.4 Å². The van der Waals surface area contributed by atoms with Gasteiger partial charge in [-0.3, -0.25) is 13.7 Å². The fraction of sp³-hybridized carbons (Fsp3) is 0.500. The third-order valence-corrected chi connectivity index (χ3v) is 7.59. The van der Waals surface area contributed by atoms with Crippen molar-refractivity contribution in [1.82, 2.24) is 19.5 Å². The fourth-order valence-corrected chi connectivity index (χ4v) is 5.62. The Morgan fingerprint density at radius 3 is 2.38 bits per heavy atom. The molecule has 3 heterocycles.